The summed E-state index contributed by atoms with van der Waals surface area (Å²) in [5.74, 6) is 0. The lowest BCUT2D eigenvalue weighted by atomic mass is 10.0. The number of halogens is 2. The minimum absolute atomic E-state index is 0.0849. The van der Waals surface area contributed by atoms with Crippen molar-refractivity contribution in [2.24, 2.45) is 0 Å². The van der Waals surface area contributed by atoms with E-state index < -0.39 is 0 Å². The van der Waals surface area contributed by atoms with Crippen molar-refractivity contribution in [2.75, 3.05) is 11.6 Å². The Hall–Kier alpha value is -2.37. The van der Waals surface area contributed by atoms with Crippen molar-refractivity contribution >= 4 is 28.9 Å². The van der Waals surface area contributed by atoms with E-state index in [9.17, 15) is 0 Å². The molecule has 1 aliphatic heterocycles. The normalized spacial score (nSPS) is 16.1. The lowest BCUT2D eigenvalue weighted by Gasteiger charge is -2.21. The molecule has 0 amide bonds. The van der Waals surface area contributed by atoms with E-state index in [0.29, 0.717) is 18.2 Å². The molecular weight excluding hydrogens is 405 g/mol. The number of ether oxygens (including phenoxy) is 1. The first-order valence-electron chi connectivity index (χ1n) is 9.41. The third-order valence-electron chi connectivity index (χ3n) is 4.80. The molecule has 4 nitrogen and oxygen atoms in total. The van der Waals surface area contributed by atoms with Crippen LogP contribution in [-0.2, 0) is 17.8 Å². The second-order valence-corrected chi connectivity index (χ2v) is 7.67. The Balaban J connectivity index is 1.50. The van der Waals surface area contributed by atoms with Gasteiger partial charge in [-0.2, -0.15) is 0 Å². The van der Waals surface area contributed by atoms with Gasteiger partial charge in [0.05, 0.1) is 30.0 Å². The number of benzene rings is 2. The van der Waals surface area contributed by atoms with Crippen LogP contribution in [0.2, 0.25) is 10.0 Å². The summed E-state index contributed by atoms with van der Waals surface area (Å²) in [6.45, 7) is 0.951. The van der Waals surface area contributed by atoms with Crippen LogP contribution in [0, 0.1) is 0 Å². The van der Waals surface area contributed by atoms with Crippen molar-refractivity contribution < 1.29 is 4.74 Å². The lowest BCUT2D eigenvalue weighted by Crippen LogP contribution is -2.38. The van der Waals surface area contributed by atoms with E-state index >= 15 is 0 Å². The van der Waals surface area contributed by atoms with Gasteiger partial charge >= 0.3 is 0 Å². The van der Waals surface area contributed by atoms with E-state index in [-0.39, 0.29) is 6.04 Å². The van der Waals surface area contributed by atoms with Crippen molar-refractivity contribution in [3.05, 3.63) is 106 Å². The molecule has 0 aliphatic carbocycles. The highest BCUT2D eigenvalue weighted by Gasteiger charge is 2.26. The van der Waals surface area contributed by atoms with E-state index in [1.807, 2.05) is 65.8 Å². The number of hydrogen-bond donors (Lipinski definition) is 1. The summed E-state index contributed by atoms with van der Waals surface area (Å²) in [6.07, 6.45) is 6.54. The van der Waals surface area contributed by atoms with Gasteiger partial charge in [0.2, 0.25) is 0 Å². The Morgan fingerprint density at radius 1 is 0.931 bits per heavy atom. The summed E-state index contributed by atoms with van der Waals surface area (Å²) in [5, 5.41) is 3.38. The van der Waals surface area contributed by atoms with Crippen LogP contribution in [0.3, 0.4) is 0 Å². The molecule has 2 aromatic carbocycles. The first-order chi connectivity index (χ1) is 14.2. The third-order valence-corrected chi connectivity index (χ3v) is 5.48. The Bertz CT molecular complexity index is 994. The molecule has 6 heteroatoms. The van der Waals surface area contributed by atoms with Crippen LogP contribution in [0.15, 0.2) is 84.8 Å². The molecule has 0 saturated carbocycles. The van der Waals surface area contributed by atoms with Crippen molar-refractivity contribution in [2.45, 2.75) is 19.1 Å². The molecule has 2 heterocycles. The summed E-state index contributed by atoms with van der Waals surface area (Å²) in [5.41, 5.74) is 7.71. The highest BCUT2D eigenvalue weighted by molar-refractivity contribution is 6.33. The summed E-state index contributed by atoms with van der Waals surface area (Å²) < 4.78 is 6.00. The van der Waals surface area contributed by atoms with Gasteiger partial charge in [0.15, 0.2) is 0 Å². The summed E-state index contributed by atoms with van der Waals surface area (Å²) >= 11 is 12.6. The average Bonchev–Trinajstić information content (AvgIpc) is 3.13. The minimum atomic E-state index is 0.0849. The molecule has 0 bridgehead atoms. The third kappa shape index (κ3) is 4.98. The molecule has 4 rings (SSSR count). The smallest absolute Gasteiger partial charge is 0.0757 e. The lowest BCUT2D eigenvalue weighted by molar-refractivity contribution is 0.139. The van der Waals surface area contributed by atoms with Crippen LogP contribution in [0.1, 0.15) is 11.1 Å². The number of pyridine rings is 1. The maximum absolute atomic E-state index is 6.39. The van der Waals surface area contributed by atoms with Crippen molar-refractivity contribution in [3.8, 4) is 0 Å². The van der Waals surface area contributed by atoms with Crippen molar-refractivity contribution in [1.82, 2.24) is 10.4 Å². The molecule has 1 aliphatic rings. The molecule has 3 aromatic rings. The van der Waals surface area contributed by atoms with Gasteiger partial charge in [0.25, 0.3) is 0 Å². The van der Waals surface area contributed by atoms with Crippen LogP contribution in [0.5, 0.6) is 0 Å². The van der Waals surface area contributed by atoms with E-state index in [1.54, 1.807) is 6.20 Å². The SMILES string of the molecule is Clc1ccccc1COCC1=CN(c2ccccc2Cl)NC1Cc1cccnc1. The molecule has 0 fully saturated rings. The molecule has 0 saturated heterocycles. The maximum Gasteiger partial charge on any atom is 0.0757 e. The number of nitrogens with zero attached hydrogens (tertiary/aromatic N) is 2. The van der Waals surface area contributed by atoms with E-state index in [4.69, 9.17) is 27.9 Å². The fourth-order valence-electron chi connectivity index (χ4n) is 3.29. The predicted molar refractivity (Wildman–Crippen MR) is 118 cm³/mol. The molecule has 1 N–H and O–H groups in total. The zero-order valence-electron chi connectivity index (χ0n) is 15.8. The average molecular weight is 426 g/mol. The number of para-hydroxylation sites is 1. The molecule has 0 radical (unpaired) electrons. The predicted octanol–water partition coefficient (Wildman–Crippen LogP) is 5.43. The van der Waals surface area contributed by atoms with Crippen LogP contribution in [0.4, 0.5) is 5.69 Å². The summed E-state index contributed by atoms with van der Waals surface area (Å²) in [4.78, 5) is 4.23. The van der Waals surface area contributed by atoms with Gasteiger partial charge in [-0.05, 0) is 47.4 Å². The molecule has 1 aromatic heterocycles. The quantitative estimate of drug-likeness (QED) is 0.547. The number of nitrogens with one attached hydrogen (secondary N) is 1. The van der Waals surface area contributed by atoms with E-state index in [0.717, 1.165) is 33.8 Å². The number of hydrazine groups is 1. The zero-order valence-corrected chi connectivity index (χ0v) is 17.3. The van der Waals surface area contributed by atoms with Crippen molar-refractivity contribution in [3.63, 3.8) is 0 Å². The fourth-order valence-corrected chi connectivity index (χ4v) is 3.71. The Morgan fingerprint density at radius 3 is 2.48 bits per heavy atom. The Labute approximate surface area is 180 Å². The fraction of sp³-hybridized carbons (Fsp3) is 0.174. The summed E-state index contributed by atoms with van der Waals surface area (Å²) in [6, 6.07) is 19.6. The van der Waals surface area contributed by atoms with Gasteiger partial charge in [0.1, 0.15) is 0 Å². The minimum Gasteiger partial charge on any atom is -0.372 e. The van der Waals surface area contributed by atoms with Crippen LogP contribution >= 0.6 is 23.2 Å². The highest BCUT2D eigenvalue weighted by atomic mass is 35.5. The molecule has 1 atom stereocenters. The molecule has 29 heavy (non-hydrogen) atoms. The first kappa shape index (κ1) is 19.9. The second kappa shape index (κ2) is 9.42. The number of aromatic nitrogens is 1. The molecule has 1 unspecified atom stereocenters. The Kier molecular flexibility index (Phi) is 6.47. The molecule has 148 valence electrons. The van der Waals surface area contributed by atoms with E-state index in [2.05, 4.69) is 22.7 Å². The van der Waals surface area contributed by atoms with Crippen LogP contribution in [0.25, 0.3) is 0 Å². The van der Waals surface area contributed by atoms with E-state index in [1.165, 1.54) is 0 Å². The number of hydrogen-bond acceptors (Lipinski definition) is 4. The number of anilines is 1. The van der Waals surface area contributed by atoms with Gasteiger partial charge < -0.3 is 4.74 Å². The van der Waals surface area contributed by atoms with Gasteiger partial charge in [-0.25, -0.2) is 5.43 Å². The van der Waals surface area contributed by atoms with Crippen LogP contribution in [-0.4, -0.2) is 17.6 Å². The molecule has 0 spiro atoms. The highest BCUT2D eigenvalue weighted by Crippen LogP contribution is 2.29. The van der Waals surface area contributed by atoms with Crippen molar-refractivity contribution in [1.29, 1.82) is 0 Å². The maximum atomic E-state index is 6.39. The van der Waals surface area contributed by atoms with Gasteiger partial charge in [-0.1, -0.05) is 59.6 Å². The second-order valence-electron chi connectivity index (χ2n) is 6.86. The topological polar surface area (TPSA) is 37.4 Å². The first-order valence-corrected chi connectivity index (χ1v) is 10.2. The Morgan fingerprint density at radius 2 is 1.72 bits per heavy atom. The van der Waals surface area contributed by atoms with Gasteiger partial charge in [-0.3, -0.25) is 9.99 Å². The monoisotopic (exact) mass is 425 g/mol. The number of rotatable bonds is 7. The van der Waals surface area contributed by atoms with Gasteiger partial charge in [-0.15, -0.1) is 0 Å². The zero-order chi connectivity index (χ0) is 20.1. The molecular formula is C23H21Cl2N3O. The van der Waals surface area contributed by atoms with Crippen LogP contribution < -0.4 is 10.4 Å². The van der Waals surface area contributed by atoms with Gasteiger partial charge in [0, 0.05) is 23.6 Å². The summed E-state index contributed by atoms with van der Waals surface area (Å²) in [7, 11) is 0. The standard InChI is InChI=1S/C23H21Cl2N3O/c24-20-8-2-1-7-18(20)15-29-16-19-14-28(23-10-4-3-9-21(23)25)27-22(19)12-17-6-5-11-26-13-17/h1-11,13-14,22,27H,12,15-16H2. The largest absolute Gasteiger partial charge is 0.372 e.